The monoisotopic (exact) mass is 348 g/mol. The highest BCUT2D eigenvalue weighted by molar-refractivity contribution is 6.01. The van der Waals surface area contributed by atoms with Gasteiger partial charge in [0, 0.05) is 29.7 Å². The molecule has 3 aromatic heterocycles. The fourth-order valence-corrected chi connectivity index (χ4v) is 4.64. The predicted molar refractivity (Wildman–Crippen MR) is 98.0 cm³/mol. The average molecular weight is 348 g/mol. The van der Waals surface area contributed by atoms with E-state index in [1.54, 1.807) is 19.2 Å². The molecule has 0 saturated carbocycles. The maximum atomic E-state index is 10.4. The Balaban J connectivity index is 1.74. The number of hydrogen-bond donors (Lipinski definition) is 2. The molecule has 5 heterocycles. The number of fused-ring (bicyclic) bond motifs is 5. The van der Waals surface area contributed by atoms with Crippen molar-refractivity contribution in [3.05, 3.63) is 35.9 Å². The number of aliphatic hydroxyl groups excluding tert-OH is 1. The molecule has 132 valence electrons. The van der Waals surface area contributed by atoms with Crippen molar-refractivity contribution in [1.82, 2.24) is 19.6 Å². The molecule has 2 unspecified atom stereocenters. The Bertz CT molecular complexity index is 1050. The fourth-order valence-electron chi connectivity index (χ4n) is 4.64. The number of pyridine rings is 1. The minimum absolute atomic E-state index is 0.324. The van der Waals surface area contributed by atoms with E-state index in [-0.39, 0.29) is 0 Å². The molecule has 0 amide bonds. The van der Waals surface area contributed by atoms with Crippen molar-refractivity contribution in [2.75, 3.05) is 5.01 Å². The first-order valence-corrected chi connectivity index (χ1v) is 9.06. The normalized spacial score (nSPS) is 23.6. The van der Waals surface area contributed by atoms with Gasteiger partial charge in [-0.15, -0.1) is 0 Å². The fraction of sp³-hybridized carbons (Fsp3) is 0.421. The van der Waals surface area contributed by atoms with Gasteiger partial charge in [-0.05, 0) is 38.7 Å². The van der Waals surface area contributed by atoms with Crippen LogP contribution in [0.25, 0.3) is 22.1 Å². The second-order valence-corrected chi connectivity index (χ2v) is 7.29. The molecule has 0 aromatic carbocycles. The molecule has 0 radical (unpaired) electrons. The third-order valence-electron chi connectivity index (χ3n) is 5.65. The van der Waals surface area contributed by atoms with Crippen LogP contribution in [-0.4, -0.2) is 36.8 Å². The molecule has 2 N–H and O–H groups in total. The number of rotatable bonds is 2. The van der Waals surface area contributed by atoms with Gasteiger partial charge in [-0.1, -0.05) is 5.57 Å². The van der Waals surface area contributed by atoms with E-state index in [4.69, 9.17) is 10.2 Å². The summed E-state index contributed by atoms with van der Waals surface area (Å²) in [4.78, 5) is 12.3. The van der Waals surface area contributed by atoms with E-state index in [0.29, 0.717) is 17.9 Å². The maximum Gasteiger partial charge on any atom is 0.157 e. The van der Waals surface area contributed by atoms with Gasteiger partial charge in [-0.25, -0.2) is 14.6 Å². The smallest absolute Gasteiger partial charge is 0.157 e. The average Bonchev–Trinajstić information content (AvgIpc) is 3.28. The van der Waals surface area contributed by atoms with Crippen molar-refractivity contribution in [3.63, 3.8) is 0 Å². The molecule has 3 atom stereocenters. The van der Waals surface area contributed by atoms with Gasteiger partial charge in [-0.2, -0.15) is 5.26 Å². The zero-order valence-corrected chi connectivity index (χ0v) is 14.6. The lowest BCUT2D eigenvalue weighted by Gasteiger charge is -2.39. The predicted octanol–water partition coefficient (Wildman–Crippen LogP) is 2.68. The van der Waals surface area contributed by atoms with Crippen molar-refractivity contribution in [1.29, 1.82) is 5.26 Å². The van der Waals surface area contributed by atoms with E-state index in [9.17, 15) is 5.11 Å². The van der Waals surface area contributed by atoms with Crippen molar-refractivity contribution in [3.8, 4) is 6.07 Å². The molecule has 3 aromatic rings. The van der Waals surface area contributed by atoms with E-state index in [2.05, 4.69) is 25.7 Å². The number of aromatic nitrogens is 4. The third-order valence-corrected chi connectivity index (χ3v) is 5.65. The van der Waals surface area contributed by atoms with E-state index in [1.165, 1.54) is 5.57 Å². The summed E-state index contributed by atoms with van der Waals surface area (Å²) in [5.74, 6) is 0.653. The SMILES string of the molecule is C[C@@H](O)c1nc2cnc3[nH]ccc3c2n1N1C2CCC1CC(=CC#N)C2. The molecule has 2 saturated heterocycles. The lowest BCUT2D eigenvalue weighted by atomic mass is 9.98. The number of aliphatic hydroxyl groups is 1. The maximum absolute atomic E-state index is 10.4. The van der Waals surface area contributed by atoms with Crippen LogP contribution in [0, 0.1) is 11.3 Å². The van der Waals surface area contributed by atoms with Gasteiger partial charge < -0.3 is 15.1 Å². The second kappa shape index (κ2) is 5.58. The largest absolute Gasteiger partial charge is 0.385 e. The van der Waals surface area contributed by atoms with Crippen LogP contribution in [0.15, 0.2) is 30.1 Å². The van der Waals surface area contributed by atoms with Crippen molar-refractivity contribution in [2.45, 2.75) is 50.8 Å². The number of aromatic amines is 1. The summed E-state index contributed by atoms with van der Waals surface area (Å²) < 4.78 is 2.13. The van der Waals surface area contributed by atoms with Gasteiger partial charge in [0.1, 0.15) is 22.8 Å². The zero-order valence-electron chi connectivity index (χ0n) is 14.6. The number of H-pyrrole nitrogens is 1. The van der Waals surface area contributed by atoms with Gasteiger partial charge in [0.05, 0.1) is 12.3 Å². The molecule has 2 fully saturated rings. The molecule has 2 aliphatic heterocycles. The van der Waals surface area contributed by atoms with Crippen molar-refractivity contribution >= 4 is 22.1 Å². The first-order chi connectivity index (χ1) is 12.7. The van der Waals surface area contributed by atoms with Crippen LogP contribution in [-0.2, 0) is 0 Å². The highest BCUT2D eigenvalue weighted by atomic mass is 16.3. The summed E-state index contributed by atoms with van der Waals surface area (Å²) in [5, 5.41) is 22.8. The van der Waals surface area contributed by atoms with E-state index >= 15 is 0 Å². The highest BCUT2D eigenvalue weighted by Crippen LogP contribution is 2.40. The summed E-state index contributed by atoms with van der Waals surface area (Å²) >= 11 is 0. The summed E-state index contributed by atoms with van der Waals surface area (Å²) in [5.41, 5.74) is 3.85. The first kappa shape index (κ1) is 15.4. The topological polar surface area (TPSA) is 93.8 Å². The van der Waals surface area contributed by atoms with Crippen LogP contribution in [0.2, 0.25) is 0 Å². The number of nitrogens with zero attached hydrogens (tertiary/aromatic N) is 5. The quantitative estimate of drug-likeness (QED) is 0.695. The Morgan fingerprint density at radius 2 is 2.15 bits per heavy atom. The molecule has 7 nitrogen and oxygen atoms in total. The Morgan fingerprint density at radius 1 is 1.38 bits per heavy atom. The Hall–Kier alpha value is -2.85. The summed E-state index contributed by atoms with van der Waals surface area (Å²) in [6, 6.07) is 4.85. The van der Waals surface area contributed by atoms with Gasteiger partial charge in [0.2, 0.25) is 0 Å². The van der Waals surface area contributed by atoms with Crippen molar-refractivity contribution < 1.29 is 5.11 Å². The molecule has 2 aliphatic rings. The lowest BCUT2D eigenvalue weighted by Crippen LogP contribution is -2.49. The lowest BCUT2D eigenvalue weighted by molar-refractivity contribution is 0.182. The van der Waals surface area contributed by atoms with Crippen LogP contribution in [0.5, 0.6) is 0 Å². The van der Waals surface area contributed by atoms with Gasteiger partial charge in [0.25, 0.3) is 0 Å². The summed E-state index contributed by atoms with van der Waals surface area (Å²) in [6.07, 6.45) is 8.65. The molecule has 7 heteroatoms. The second-order valence-electron chi connectivity index (χ2n) is 7.29. The Kier molecular flexibility index (Phi) is 3.31. The summed E-state index contributed by atoms with van der Waals surface area (Å²) in [6.45, 7) is 1.76. The highest BCUT2D eigenvalue weighted by Gasteiger charge is 2.41. The van der Waals surface area contributed by atoms with Gasteiger partial charge in [0.15, 0.2) is 5.82 Å². The Morgan fingerprint density at radius 3 is 2.85 bits per heavy atom. The zero-order chi connectivity index (χ0) is 17.8. The molecule has 5 rings (SSSR count). The number of piperidine rings is 1. The minimum Gasteiger partial charge on any atom is -0.385 e. The van der Waals surface area contributed by atoms with E-state index in [0.717, 1.165) is 47.8 Å². The van der Waals surface area contributed by atoms with E-state index in [1.807, 2.05) is 12.3 Å². The number of nitriles is 1. The van der Waals surface area contributed by atoms with Gasteiger partial charge >= 0.3 is 0 Å². The number of hydrogen-bond acceptors (Lipinski definition) is 5. The molecular formula is C19H20N6O. The number of nitrogens with one attached hydrogen (secondary N) is 1. The molecule has 0 aliphatic carbocycles. The van der Waals surface area contributed by atoms with Crippen molar-refractivity contribution in [2.24, 2.45) is 0 Å². The molecule has 0 spiro atoms. The summed E-state index contributed by atoms with van der Waals surface area (Å²) in [7, 11) is 0. The molecular weight excluding hydrogens is 328 g/mol. The van der Waals surface area contributed by atoms with Crippen LogP contribution >= 0.6 is 0 Å². The van der Waals surface area contributed by atoms with Crippen LogP contribution in [0.1, 0.15) is 44.5 Å². The number of imidazole rings is 1. The first-order valence-electron chi connectivity index (χ1n) is 9.06. The van der Waals surface area contributed by atoms with E-state index < -0.39 is 6.10 Å². The third kappa shape index (κ3) is 2.09. The molecule has 26 heavy (non-hydrogen) atoms. The van der Waals surface area contributed by atoms with Crippen LogP contribution in [0.3, 0.4) is 0 Å². The minimum atomic E-state index is -0.674. The number of allylic oxidation sites excluding steroid dienone is 1. The van der Waals surface area contributed by atoms with Crippen LogP contribution < -0.4 is 5.01 Å². The Labute approximate surface area is 150 Å². The van der Waals surface area contributed by atoms with Crippen LogP contribution in [0.4, 0.5) is 0 Å². The van der Waals surface area contributed by atoms with Gasteiger partial charge in [-0.3, -0.25) is 0 Å². The molecule has 2 bridgehead atoms. The standard InChI is InChI=1S/C19H20N6O/c1-11(26)19-23-16-10-22-18-15(5-7-21-18)17(16)25(19)24-13-2-3-14(24)9-12(8-13)4-6-20/h4-5,7,10-11,13-14,26H,2-3,8-9H2,1H3,(H,21,22)/t11-,13?,14?/m1/s1.